The molecule has 116 valence electrons. The third kappa shape index (κ3) is 3.47. The predicted octanol–water partition coefficient (Wildman–Crippen LogP) is 3.33. The van der Waals surface area contributed by atoms with Gasteiger partial charge in [0.05, 0.1) is 6.04 Å². The quantitative estimate of drug-likeness (QED) is 0.889. The van der Waals surface area contributed by atoms with Gasteiger partial charge < -0.3 is 5.32 Å². The van der Waals surface area contributed by atoms with Crippen molar-refractivity contribution in [2.45, 2.75) is 32.7 Å². The maximum atomic E-state index is 11.9. The highest BCUT2D eigenvalue weighted by atomic mass is 16.2. The van der Waals surface area contributed by atoms with Gasteiger partial charge >= 0.3 is 6.03 Å². The Balaban J connectivity index is 1.66. The number of benzene rings is 1. The summed E-state index contributed by atoms with van der Waals surface area (Å²) in [4.78, 5) is 11.9. The molecule has 3 rings (SSSR count). The molecule has 0 radical (unpaired) electrons. The molecule has 0 aliphatic heterocycles. The van der Waals surface area contributed by atoms with Crippen molar-refractivity contribution in [3.63, 3.8) is 0 Å². The molecule has 22 heavy (non-hydrogen) atoms. The number of hydrogen-bond acceptors (Lipinski definition) is 2. The lowest BCUT2D eigenvalue weighted by Crippen LogP contribution is -2.30. The monoisotopic (exact) mass is 298 g/mol. The molecule has 2 aromatic rings. The van der Waals surface area contributed by atoms with Crippen LogP contribution in [0.1, 0.15) is 36.9 Å². The zero-order valence-corrected chi connectivity index (χ0v) is 13.0. The number of nitrogens with zero attached hydrogens (tertiary/aromatic N) is 2. The van der Waals surface area contributed by atoms with E-state index < -0.39 is 0 Å². The first kappa shape index (κ1) is 14.6. The molecule has 1 saturated carbocycles. The van der Waals surface area contributed by atoms with E-state index in [-0.39, 0.29) is 12.1 Å². The van der Waals surface area contributed by atoms with Crippen LogP contribution in [0, 0.1) is 12.8 Å². The van der Waals surface area contributed by atoms with Crippen LogP contribution in [0.2, 0.25) is 0 Å². The smallest absolute Gasteiger partial charge is 0.320 e. The van der Waals surface area contributed by atoms with Crippen LogP contribution < -0.4 is 10.6 Å². The lowest BCUT2D eigenvalue weighted by Gasteiger charge is -2.12. The number of nitrogens with one attached hydrogen (secondary N) is 2. The second-order valence-electron chi connectivity index (χ2n) is 6.01. The van der Waals surface area contributed by atoms with Crippen LogP contribution in [0.25, 0.3) is 0 Å². The van der Waals surface area contributed by atoms with Crippen LogP contribution in [0.15, 0.2) is 36.5 Å². The Hall–Kier alpha value is -2.30. The number of urea groups is 1. The average Bonchev–Trinajstić information content (AvgIpc) is 3.29. The first-order valence-corrected chi connectivity index (χ1v) is 7.79. The summed E-state index contributed by atoms with van der Waals surface area (Å²) in [6.07, 6.45) is 4.42. The average molecular weight is 298 g/mol. The summed E-state index contributed by atoms with van der Waals surface area (Å²) in [6.45, 7) is 4.81. The topological polar surface area (TPSA) is 59.0 Å². The molecule has 2 N–H and O–H groups in total. The van der Waals surface area contributed by atoms with E-state index in [0.29, 0.717) is 11.7 Å². The molecule has 0 saturated heterocycles. The van der Waals surface area contributed by atoms with Crippen LogP contribution in [-0.4, -0.2) is 22.4 Å². The van der Waals surface area contributed by atoms with Gasteiger partial charge in [0.15, 0.2) is 5.82 Å². The number of carbonyl (C=O) groups is 1. The molecule has 5 heteroatoms. The molecule has 0 spiro atoms. The minimum atomic E-state index is -0.174. The third-order valence-electron chi connectivity index (χ3n) is 4.07. The SMILES string of the molecule is Cc1cn(C(C)c2ccccc2)nc1NC(=O)NCC1CC1. The van der Waals surface area contributed by atoms with Gasteiger partial charge in [-0.05, 0) is 38.2 Å². The Morgan fingerprint density at radius 2 is 2.09 bits per heavy atom. The van der Waals surface area contributed by atoms with Gasteiger partial charge in [-0.2, -0.15) is 5.10 Å². The Kier molecular flexibility index (Phi) is 4.13. The fourth-order valence-electron chi connectivity index (χ4n) is 2.40. The van der Waals surface area contributed by atoms with Gasteiger partial charge in [0, 0.05) is 18.3 Å². The molecule has 1 atom stereocenters. The second-order valence-corrected chi connectivity index (χ2v) is 6.01. The van der Waals surface area contributed by atoms with Gasteiger partial charge in [-0.3, -0.25) is 10.00 Å². The molecule has 2 amide bonds. The highest BCUT2D eigenvalue weighted by Crippen LogP contribution is 2.27. The van der Waals surface area contributed by atoms with Gasteiger partial charge in [-0.25, -0.2) is 4.79 Å². The molecular formula is C17H22N4O. The Labute approximate surface area is 130 Å². The zero-order chi connectivity index (χ0) is 15.5. The van der Waals surface area contributed by atoms with Gasteiger partial charge in [0.1, 0.15) is 0 Å². The van der Waals surface area contributed by atoms with Crippen molar-refractivity contribution in [2.75, 3.05) is 11.9 Å². The van der Waals surface area contributed by atoms with Crippen molar-refractivity contribution in [2.24, 2.45) is 5.92 Å². The summed E-state index contributed by atoms with van der Waals surface area (Å²) in [5, 5.41) is 10.2. The van der Waals surface area contributed by atoms with Gasteiger partial charge in [-0.1, -0.05) is 30.3 Å². The predicted molar refractivity (Wildman–Crippen MR) is 87.0 cm³/mol. The normalized spacial score (nSPS) is 15.4. The summed E-state index contributed by atoms with van der Waals surface area (Å²) in [5.74, 6) is 1.29. The van der Waals surface area contributed by atoms with Gasteiger partial charge in [0.25, 0.3) is 0 Å². The number of anilines is 1. The third-order valence-corrected chi connectivity index (χ3v) is 4.07. The fourth-order valence-corrected chi connectivity index (χ4v) is 2.40. The van der Waals surface area contributed by atoms with Crippen LogP contribution in [0.4, 0.5) is 10.6 Å². The summed E-state index contributed by atoms with van der Waals surface area (Å²) >= 11 is 0. The largest absolute Gasteiger partial charge is 0.338 e. The Morgan fingerprint density at radius 1 is 1.36 bits per heavy atom. The molecule has 1 heterocycles. The summed E-state index contributed by atoms with van der Waals surface area (Å²) in [7, 11) is 0. The van der Waals surface area contributed by atoms with Crippen molar-refractivity contribution in [3.8, 4) is 0 Å². The highest BCUT2D eigenvalue weighted by Gasteiger charge is 2.22. The first-order valence-electron chi connectivity index (χ1n) is 7.79. The van der Waals surface area contributed by atoms with Crippen LogP contribution in [0.5, 0.6) is 0 Å². The number of hydrogen-bond donors (Lipinski definition) is 2. The molecule has 1 aromatic heterocycles. The molecule has 1 aliphatic carbocycles. The minimum absolute atomic E-state index is 0.130. The van der Waals surface area contributed by atoms with E-state index in [0.717, 1.165) is 12.1 Å². The second kappa shape index (κ2) is 6.22. The maximum Gasteiger partial charge on any atom is 0.320 e. The summed E-state index contributed by atoms with van der Waals surface area (Å²) in [6, 6.07) is 10.2. The molecule has 1 aromatic carbocycles. The van der Waals surface area contributed by atoms with Crippen molar-refractivity contribution < 1.29 is 4.79 Å². The first-order chi connectivity index (χ1) is 10.6. The molecule has 0 bridgehead atoms. The molecule has 1 unspecified atom stereocenters. The highest BCUT2D eigenvalue weighted by molar-refractivity contribution is 5.88. The summed E-state index contributed by atoms with van der Waals surface area (Å²) in [5.41, 5.74) is 2.15. The van der Waals surface area contributed by atoms with Crippen molar-refractivity contribution in [1.29, 1.82) is 0 Å². The molecule has 5 nitrogen and oxygen atoms in total. The van der Waals surface area contributed by atoms with E-state index in [9.17, 15) is 4.79 Å². The van der Waals surface area contributed by atoms with Crippen molar-refractivity contribution in [3.05, 3.63) is 47.7 Å². The van der Waals surface area contributed by atoms with E-state index >= 15 is 0 Å². The minimum Gasteiger partial charge on any atom is -0.338 e. The molecule has 1 aliphatic rings. The van der Waals surface area contributed by atoms with E-state index in [1.165, 1.54) is 18.4 Å². The van der Waals surface area contributed by atoms with Crippen LogP contribution >= 0.6 is 0 Å². The molecule has 1 fully saturated rings. The molecular weight excluding hydrogens is 276 g/mol. The van der Waals surface area contributed by atoms with Gasteiger partial charge in [-0.15, -0.1) is 0 Å². The number of carbonyl (C=O) groups excluding carboxylic acids is 1. The van der Waals surface area contributed by atoms with Gasteiger partial charge in [0.2, 0.25) is 0 Å². The number of amides is 2. The van der Waals surface area contributed by atoms with E-state index in [2.05, 4.69) is 34.8 Å². The lowest BCUT2D eigenvalue weighted by molar-refractivity contribution is 0.251. The standard InChI is InChI=1S/C17H22N4O/c1-12-11-21(13(2)15-6-4-3-5-7-15)20-16(12)19-17(22)18-10-14-8-9-14/h3-7,11,13-14H,8-10H2,1-2H3,(H2,18,19,20,22). The van der Waals surface area contributed by atoms with Crippen molar-refractivity contribution >= 4 is 11.8 Å². The van der Waals surface area contributed by atoms with E-state index in [1.54, 1.807) is 0 Å². The van der Waals surface area contributed by atoms with Crippen molar-refractivity contribution in [1.82, 2.24) is 15.1 Å². The number of aryl methyl sites for hydroxylation is 1. The Bertz CT molecular complexity index is 646. The summed E-state index contributed by atoms with van der Waals surface area (Å²) < 4.78 is 1.89. The Morgan fingerprint density at radius 3 is 2.77 bits per heavy atom. The van der Waals surface area contributed by atoms with E-state index in [4.69, 9.17) is 0 Å². The number of rotatable bonds is 5. The fraction of sp³-hybridized carbons (Fsp3) is 0.412. The number of aromatic nitrogens is 2. The maximum absolute atomic E-state index is 11.9. The lowest BCUT2D eigenvalue weighted by atomic mass is 10.1. The zero-order valence-electron chi connectivity index (χ0n) is 13.0. The van der Waals surface area contributed by atoms with E-state index in [1.807, 2.05) is 36.0 Å². The van der Waals surface area contributed by atoms with Crippen LogP contribution in [-0.2, 0) is 0 Å². The van der Waals surface area contributed by atoms with Crippen LogP contribution in [0.3, 0.4) is 0 Å².